The van der Waals surface area contributed by atoms with Gasteiger partial charge in [0.15, 0.2) is 0 Å². The summed E-state index contributed by atoms with van der Waals surface area (Å²) in [5.41, 5.74) is 4.30. The van der Waals surface area contributed by atoms with Crippen LogP contribution in [0.25, 0.3) is 0 Å². The Bertz CT molecular complexity index is 437. The lowest BCUT2D eigenvalue weighted by molar-refractivity contribution is 0.0527. The highest BCUT2D eigenvalue weighted by molar-refractivity contribution is 9.10. The lowest BCUT2D eigenvalue weighted by Gasteiger charge is -2.48. The summed E-state index contributed by atoms with van der Waals surface area (Å²) in [4.78, 5) is 2.34. The second-order valence-corrected chi connectivity index (χ2v) is 6.71. The molecule has 1 aliphatic carbocycles. The van der Waals surface area contributed by atoms with Gasteiger partial charge in [-0.1, -0.05) is 19.3 Å². The summed E-state index contributed by atoms with van der Waals surface area (Å²) in [5, 5.41) is 4.44. The van der Waals surface area contributed by atoms with Crippen LogP contribution in [0.15, 0.2) is 10.7 Å². The van der Waals surface area contributed by atoms with Gasteiger partial charge in [0.25, 0.3) is 0 Å². The van der Waals surface area contributed by atoms with Gasteiger partial charge in [-0.25, -0.2) is 5.43 Å². The largest absolute Gasteiger partial charge is 0.302 e. The summed E-state index contributed by atoms with van der Waals surface area (Å²) in [6.07, 6.45) is 8.03. The summed E-state index contributed by atoms with van der Waals surface area (Å²) < 4.78 is 3.07. The molecule has 0 aliphatic heterocycles. The van der Waals surface area contributed by atoms with Crippen molar-refractivity contribution >= 4 is 15.9 Å². The van der Waals surface area contributed by atoms with Crippen molar-refractivity contribution in [2.45, 2.75) is 57.2 Å². The molecule has 20 heavy (non-hydrogen) atoms. The van der Waals surface area contributed by atoms with Crippen LogP contribution < -0.4 is 11.3 Å². The van der Waals surface area contributed by atoms with Crippen LogP contribution in [0.5, 0.6) is 0 Å². The average molecular weight is 344 g/mol. The van der Waals surface area contributed by atoms with E-state index in [1.165, 1.54) is 19.3 Å². The highest BCUT2D eigenvalue weighted by Crippen LogP contribution is 2.43. The number of likely N-dealkylation sites (N-methyl/N-ethyl adjacent to an activating group) is 1. The van der Waals surface area contributed by atoms with E-state index >= 15 is 0 Å². The van der Waals surface area contributed by atoms with Crippen LogP contribution in [0.4, 0.5) is 0 Å². The monoisotopic (exact) mass is 343 g/mol. The van der Waals surface area contributed by atoms with E-state index in [4.69, 9.17) is 5.84 Å². The number of aromatic nitrogens is 2. The van der Waals surface area contributed by atoms with E-state index in [9.17, 15) is 0 Å². The summed E-state index contributed by atoms with van der Waals surface area (Å²) in [7, 11) is 4.33. The number of nitrogens with zero attached hydrogens (tertiary/aromatic N) is 3. The minimum absolute atomic E-state index is 0.0580. The first-order valence-corrected chi connectivity index (χ1v) is 8.21. The lowest BCUT2D eigenvalue weighted by atomic mass is 9.74. The summed E-state index contributed by atoms with van der Waals surface area (Å²) in [6, 6.07) is 0.0784. The van der Waals surface area contributed by atoms with E-state index in [1.54, 1.807) is 0 Å². The van der Waals surface area contributed by atoms with Gasteiger partial charge in [0.2, 0.25) is 0 Å². The van der Waals surface area contributed by atoms with Crippen molar-refractivity contribution in [1.29, 1.82) is 0 Å². The van der Waals surface area contributed by atoms with Gasteiger partial charge >= 0.3 is 0 Å². The number of hydrogen-bond acceptors (Lipinski definition) is 4. The molecule has 1 aliphatic rings. The molecule has 114 valence electrons. The van der Waals surface area contributed by atoms with E-state index < -0.39 is 0 Å². The summed E-state index contributed by atoms with van der Waals surface area (Å²) in [5.74, 6) is 5.97. The Morgan fingerprint density at radius 1 is 1.45 bits per heavy atom. The van der Waals surface area contributed by atoms with Gasteiger partial charge in [0.05, 0.1) is 22.4 Å². The number of aryl methyl sites for hydroxylation is 1. The molecule has 0 saturated heterocycles. The van der Waals surface area contributed by atoms with E-state index in [0.717, 1.165) is 29.6 Å². The molecular formula is C14H26BrN5. The van der Waals surface area contributed by atoms with Crippen LogP contribution in [-0.2, 0) is 6.54 Å². The molecule has 1 unspecified atom stereocenters. The van der Waals surface area contributed by atoms with E-state index in [1.807, 2.05) is 10.9 Å². The third kappa shape index (κ3) is 2.66. The third-order valence-corrected chi connectivity index (χ3v) is 5.33. The Balaban J connectivity index is 2.45. The normalized spacial score (nSPS) is 20.3. The fourth-order valence-corrected chi connectivity index (χ4v) is 4.08. The minimum atomic E-state index is 0.0580. The van der Waals surface area contributed by atoms with Crippen molar-refractivity contribution in [1.82, 2.24) is 20.1 Å². The Morgan fingerprint density at radius 2 is 2.10 bits per heavy atom. The van der Waals surface area contributed by atoms with Gasteiger partial charge in [0.1, 0.15) is 0 Å². The molecule has 1 saturated carbocycles. The molecule has 0 aromatic carbocycles. The first-order chi connectivity index (χ1) is 9.56. The van der Waals surface area contributed by atoms with Crippen LogP contribution in [0.2, 0.25) is 0 Å². The van der Waals surface area contributed by atoms with Crippen molar-refractivity contribution in [3.8, 4) is 0 Å². The molecule has 5 nitrogen and oxygen atoms in total. The Hall–Kier alpha value is -0.430. The fourth-order valence-electron chi connectivity index (χ4n) is 3.56. The highest BCUT2D eigenvalue weighted by atomic mass is 79.9. The standard InChI is InChI=1S/C14H26BrN5/c1-4-20-12(11(15)10-17-20)13(18-16)14(19(2)3)8-6-5-7-9-14/h10,13,18H,4-9,16H2,1-3H3. The van der Waals surface area contributed by atoms with E-state index in [2.05, 4.69) is 52.4 Å². The van der Waals surface area contributed by atoms with Crippen molar-refractivity contribution in [3.05, 3.63) is 16.4 Å². The molecular weight excluding hydrogens is 318 g/mol. The lowest BCUT2D eigenvalue weighted by Crippen LogP contribution is -2.56. The molecule has 2 rings (SSSR count). The number of rotatable bonds is 5. The molecule has 1 heterocycles. The minimum Gasteiger partial charge on any atom is -0.302 e. The van der Waals surface area contributed by atoms with Gasteiger partial charge < -0.3 is 4.90 Å². The maximum atomic E-state index is 5.97. The van der Waals surface area contributed by atoms with Gasteiger partial charge in [-0.05, 0) is 49.8 Å². The van der Waals surface area contributed by atoms with Crippen LogP contribution >= 0.6 is 15.9 Å². The van der Waals surface area contributed by atoms with Gasteiger partial charge in [-0.3, -0.25) is 10.5 Å². The van der Waals surface area contributed by atoms with Crippen molar-refractivity contribution < 1.29 is 0 Å². The predicted molar refractivity (Wildman–Crippen MR) is 85.2 cm³/mol. The molecule has 1 aromatic heterocycles. The zero-order valence-electron chi connectivity index (χ0n) is 12.7. The maximum absolute atomic E-state index is 5.97. The quantitative estimate of drug-likeness (QED) is 0.636. The van der Waals surface area contributed by atoms with Crippen molar-refractivity contribution in [2.75, 3.05) is 14.1 Å². The van der Waals surface area contributed by atoms with Crippen molar-refractivity contribution in [3.63, 3.8) is 0 Å². The first-order valence-electron chi connectivity index (χ1n) is 7.41. The van der Waals surface area contributed by atoms with Crippen molar-refractivity contribution in [2.24, 2.45) is 5.84 Å². The molecule has 1 fully saturated rings. The number of halogens is 1. The SMILES string of the molecule is CCn1ncc(Br)c1C(NN)C1(N(C)C)CCCCC1. The fraction of sp³-hybridized carbons (Fsp3) is 0.786. The Labute approximate surface area is 130 Å². The Kier molecular flexibility index (Phi) is 5.23. The predicted octanol–water partition coefficient (Wildman–Crippen LogP) is 2.43. The van der Waals surface area contributed by atoms with E-state index in [-0.39, 0.29) is 11.6 Å². The maximum Gasteiger partial charge on any atom is 0.0823 e. The molecule has 6 heteroatoms. The molecule has 1 aromatic rings. The van der Waals surface area contributed by atoms with Crippen LogP contribution in [0.3, 0.4) is 0 Å². The van der Waals surface area contributed by atoms with Gasteiger partial charge in [-0.2, -0.15) is 5.10 Å². The summed E-state index contributed by atoms with van der Waals surface area (Å²) in [6.45, 7) is 2.96. The smallest absolute Gasteiger partial charge is 0.0823 e. The molecule has 3 N–H and O–H groups in total. The van der Waals surface area contributed by atoms with Crippen LogP contribution in [-0.4, -0.2) is 34.3 Å². The Morgan fingerprint density at radius 3 is 2.60 bits per heavy atom. The molecule has 0 radical (unpaired) electrons. The third-order valence-electron chi connectivity index (χ3n) is 4.72. The zero-order valence-corrected chi connectivity index (χ0v) is 14.3. The number of nitrogens with two attached hydrogens (primary N) is 1. The number of hydrogen-bond donors (Lipinski definition) is 2. The second kappa shape index (κ2) is 6.56. The molecule has 1 atom stereocenters. The second-order valence-electron chi connectivity index (χ2n) is 5.85. The number of nitrogens with one attached hydrogen (secondary N) is 1. The average Bonchev–Trinajstić information content (AvgIpc) is 2.82. The molecule has 0 spiro atoms. The van der Waals surface area contributed by atoms with Gasteiger partial charge in [0, 0.05) is 12.1 Å². The summed E-state index contributed by atoms with van der Waals surface area (Å²) >= 11 is 3.64. The molecule has 0 bridgehead atoms. The van der Waals surface area contributed by atoms with Crippen LogP contribution in [0, 0.1) is 0 Å². The molecule has 0 amide bonds. The van der Waals surface area contributed by atoms with Crippen LogP contribution in [0.1, 0.15) is 50.8 Å². The zero-order chi connectivity index (χ0) is 14.8. The van der Waals surface area contributed by atoms with Gasteiger partial charge in [-0.15, -0.1) is 0 Å². The van der Waals surface area contributed by atoms with E-state index in [0.29, 0.717) is 0 Å². The topological polar surface area (TPSA) is 59.1 Å². The number of hydrazine groups is 1. The first kappa shape index (κ1) is 15.9. The highest BCUT2D eigenvalue weighted by Gasteiger charge is 2.44.